The zero-order valence-corrected chi connectivity index (χ0v) is 14.3. The number of para-hydroxylation sites is 1. The lowest BCUT2D eigenvalue weighted by Crippen LogP contribution is -2.48. The van der Waals surface area contributed by atoms with Gasteiger partial charge in [0.15, 0.2) is 0 Å². The summed E-state index contributed by atoms with van der Waals surface area (Å²) in [7, 11) is 0. The fraction of sp³-hybridized carbons (Fsp3) is 0.412. The predicted molar refractivity (Wildman–Crippen MR) is 92.6 cm³/mol. The number of aromatic amines is 1. The molecule has 0 aliphatic rings. The van der Waals surface area contributed by atoms with Crippen LogP contribution >= 0.6 is 0 Å². The predicted octanol–water partition coefficient (Wildman–Crippen LogP) is 0.866. The van der Waals surface area contributed by atoms with E-state index in [0.29, 0.717) is 5.52 Å². The first kappa shape index (κ1) is 18.4. The first-order valence-corrected chi connectivity index (χ1v) is 7.99. The van der Waals surface area contributed by atoms with Crippen molar-refractivity contribution in [3.63, 3.8) is 0 Å². The molecule has 0 fully saturated rings. The van der Waals surface area contributed by atoms with E-state index in [1.165, 1.54) is 6.92 Å². The maximum Gasteiger partial charge on any atom is 0.329 e. The highest BCUT2D eigenvalue weighted by atomic mass is 16.4. The minimum Gasteiger partial charge on any atom is -0.480 e. The summed E-state index contributed by atoms with van der Waals surface area (Å²) in [6.45, 7) is 5.06. The van der Waals surface area contributed by atoms with E-state index >= 15 is 0 Å². The van der Waals surface area contributed by atoms with Crippen LogP contribution < -0.4 is 16.6 Å². The zero-order valence-electron chi connectivity index (χ0n) is 14.3. The number of fused-ring (bicyclic) bond motifs is 1. The van der Waals surface area contributed by atoms with Crippen LogP contribution in [0, 0.1) is 5.92 Å². The number of hydrogen-bond acceptors (Lipinski definition) is 4. The number of carbonyl (C=O) groups is 2. The van der Waals surface area contributed by atoms with Gasteiger partial charge in [0, 0.05) is 0 Å². The summed E-state index contributed by atoms with van der Waals surface area (Å²) in [5.74, 6) is -1.80. The van der Waals surface area contributed by atoms with Crippen molar-refractivity contribution >= 4 is 22.8 Å². The fourth-order valence-corrected chi connectivity index (χ4v) is 2.63. The molecule has 1 aromatic carbocycles. The van der Waals surface area contributed by atoms with Gasteiger partial charge in [0.1, 0.15) is 12.1 Å². The Hall–Kier alpha value is -2.90. The highest BCUT2D eigenvalue weighted by molar-refractivity contribution is 5.86. The maximum atomic E-state index is 12.5. The molecular formula is C17H21N3O5. The summed E-state index contributed by atoms with van der Waals surface area (Å²) in [5, 5.41) is 11.9. The Morgan fingerprint density at radius 2 is 1.84 bits per heavy atom. The van der Waals surface area contributed by atoms with Crippen molar-refractivity contribution < 1.29 is 14.7 Å². The Kier molecular flexibility index (Phi) is 5.41. The van der Waals surface area contributed by atoms with Crippen molar-refractivity contribution in [3.05, 3.63) is 45.1 Å². The van der Waals surface area contributed by atoms with Crippen LogP contribution in [0.25, 0.3) is 10.9 Å². The van der Waals surface area contributed by atoms with Gasteiger partial charge >= 0.3 is 11.7 Å². The van der Waals surface area contributed by atoms with E-state index in [1.54, 1.807) is 24.3 Å². The van der Waals surface area contributed by atoms with Crippen LogP contribution in [-0.2, 0) is 9.59 Å². The number of amides is 1. The molecule has 25 heavy (non-hydrogen) atoms. The molecule has 8 nitrogen and oxygen atoms in total. The fourth-order valence-electron chi connectivity index (χ4n) is 2.63. The highest BCUT2D eigenvalue weighted by Gasteiger charge is 2.26. The molecule has 8 heteroatoms. The summed E-state index contributed by atoms with van der Waals surface area (Å²) < 4.78 is 0.798. The molecule has 0 saturated heterocycles. The number of carbonyl (C=O) groups excluding carboxylic acids is 1. The summed E-state index contributed by atoms with van der Waals surface area (Å²) >= 11 is 0. The van der Waals surface area contributed by atoms with Gasteiger partial charge in [-0.05, 0) is 31.4 Å². The van der Waals surface area contributed by atoms with Crippen LogP contribution in [0.3, 0.4) is 0 Å². The van der Waals surface area contributed by atoms with E-state index in [2.05, 4.69) is 10.3 Å². The molecule has 0 aliphatic heterocycles. The lowest BCUT2D eigenvalue weighted by Gasteiger charge is -2.20. The lowest BCUT2D eigenvalue weighted by molar-refractivity contribution is -0.142. The molecule has 134 valence electrons. The molecule has 1 heterocycles. The number of nitrogens with zero attached hydrogens (tertiary/aromatic N) is 1. The van der Waals surface area contributed by atoms with Gasteiger partial charge < -0.3 is 15.4 Å². The first-order valence-electron chi connectivity index (χ1n) is 7.99. The molecular weight excluding hydrogens is 326 g/mol. The summed E-state index contributed by atoms with van der Waals surface area (Å²) in [6, 6.07) is 4.26. The molecule has 3 N–H and O–H groups in total. The molecule has 0 saturated carbocycles. The second-order valence-corrected chi connectivity index (χ2v) is 6.36. The average molecular weight is 347 g/mol. The number of carboxylic acid groups (broad SMARTS) is 1. The second-order valence-electron chi connectivity index (χ2n) is 6.36. The number of nitrogens with one attached hydrogen (secondary N) is 2. The van der Waals surface area contributed by atoms with Crippen molar-refractivity contribution in [2.45, 2.75) is 39.3 Å². The summed E-state index contributed by atoms with van der Waals surface area (Å²) in [4.78, 5) is 51.0. The number of H-pyrrole nitrogens is 1. The van der Waals surface area contributed by atoms with E-state index in [0.717, 1.165) is 4.57 Å². The van der Waals surface area contributed by atoms with Gasteiger partial charge in [-0.25, -0.2) is 14.2 Å². The van der Waals surface area contributed by atoms with Gasteiger partial charge in [0.25, 0.3) is 5.56 Å². The molecule has 2 atom stereocenters. The van der Waals surface area contributed by atoms with Crippen LogP contribution in [0.4, 0.5) is 0 Å². The third-order valence-electron chi connectivity index (χ3n) is 3.93. The Labute approximate surface area is 143 Å². The second kappa shape index (κ2) is 7.33. The Balaban J connectivity index is 2.37. The molecule has 1 amide bonds. The maximum absolute atomic E-state index is 12.5. The van der Waals surface area contributed by atoms with Gasteiger partial charge in [-0.15, -0.1) is 0 Å². The van der Waals surface area contributed by atoms with Gasteiger partial charge in [0.05, 0.1) is 10.9 Å². The lowest BCUT2D eigenvalue weighted by atomic mass is 10.0. The van der Waals surface area contributed by atoms with Crippen molar-refractivity contribution in [3.8, 4) is 0 Å². The van der Waals surface area contributed by atoms with Crippen LogP contribution in [0.15, 0.2) is 33.9 Å². The van der Waals surface area contributed by atoms with Crippen molar-refractivity contribution in [1.29, 1.82) is 0 Å². The van der Waals surface area contributed by atoms with Gasteiger partial charge in [-0.3, -0.25) is 9.59 Å². The van der Waals surface area contributed by atoms with Gasteiger partial charge in [-0.2, -0.15) is 0 Å². The number of aliphatic carboxylic acids is 1. The van der Waals surface area contributed by atoms with Crippen molar-refractivity contribution in [2.75, 3.05) is 0 Å². The Morgan fingerprint density at radius 1 is 1.20 bits per heavy atom. The minimum absolute atomic E-state index is 0.0588. The highest BCUT2D eigenvalue weighted by Crippen LogP contribution is 2.09. The molecule has 0 spiro atoms. The molecule has 0 radical (unpaired) electrons. The van der Waals surface area contributed by atoms with Gasteiger partial charge in [0.2, 0.25) is 5.91 Å². The Bertz CT molecular complexity index is 912. The van der Waals surface area contributed by atoms with Crippen LogP contribution in [0.5, 0.6) is 0 Å². The largest absolute Gasteiger partial charge is 0.480 e. The van der Waals surface area contributed by atoms with E-state index in [-0.39, 0.29) is 17.7 Å². The molecule has 2 aromatic rings. The van der Waals surface area contributed by atoms with Crippen molar-refractivity contribution in [1.82, 2.24) is 14.9 Å². The zero-order chi connectivity index (χ0) is 18.7. The summed E-state index contributed by atoms with van der Waals surface area (Å²) in [6.07, 6.45) is 0.247. The number of benzene rings is 1. The molecule has 0 aliphatic carbocycles. The smallest absolute Gasteiger partial charge is 0.329 e. The van der Waals surface area contributed by atoms with E-state index in [4.69, 9.17) is 0 Å². The van der Waals surface area contributed by atoms with Crippen LogP contribution in [-0.4, -0.2) is 32.6 Å². The molecule has 1 aromatic heterocycles. The Morgan fingerprint density at radius 3 is 2.44 bits per heavy atom. The van der Waals surface area contributed by atoms with Gasteiger partial charge in [-0.1, -0.05) is 26.0 Å². The summed E-state index contributed by atoms with van der Waals surface area (Å²) in [5.41, 5.74) is -0.940. The van der Waals surface area contributed by atoms with E-state index in [9.17, 15) is 24.3 Å². The van der Waals surface area contributed by atoms with E-state index < -0.39 is 35.2 Å². The van der Waals surface area contributed by atoms with E-state index in [1.807, 2.05) is 13.8 Å². The van der Waals surface area contributed by atoms with Crippen molar-refractivity contribution in [2.24, 2.45) is 5.92 Å². The average Bonchev–Trinajstić information content (AvgIpc) is 2.53. The third kappa shape index (κ3) is 3.96. The monoisotopic (exact) mass is 347 g/mol. The number of rotatable bonds is 6. The molecule has 2 unspecified atom stereocenters. The molecule has 2 rings (SSSR count). The van der Waals surface area contributed by atoms with Crippen LogP contribution in [0.2, 0.25) is 0 Å². The molecule has 0 bridgehead atoms. The number of carboxylic acids is 1. The van der Waals surface area contributed by atoms with Crippen LogP contribution in [0.1, 0.15) is 33.2 Å². The quantitative estimate of drug-likeness (QED) is 0.716. The topological polar surface area (TPSA) is 121 Å². The standard InChI is InChI=1S/C17H21N3O5/c1-9(2)8-13(16(23)24)18-14(21)10(3)20-15(22)11-6-4-5-7-12(11)19-17(20)25/h4-7,9-10,13H,8H2,1-3H3,(H,18,21)(H,19,25)(H,23,24). The SMILES string of the molecule is CC(C)CC(NC(=O)C(C)n1c(=O)[nH]c2ccccc2c1=O)C(=O)O. The number of aromatic nitrogens is 2. The third-order valence-corrected chi connectivity index (χ3v) is 3.93. The minimum atomic E-state index is -1.16. The number of hydrogen-bond donors (Lipinski definition) is 3. The normalized spacial score (nSPS) is 13.6. The first-order chi connectivity index (χ1) is 11.7.